The molecule has 0 radical (unpaired) electrons. The second-order valence-electron chi connectivity index (χ2n) is 8.45. The third-order valence-electron chi connectivity index (χ3n) is 5.34. The molecule has 1 aliphatic rings. The van der Waals surface area contributed by atoms with Gasteiger partial charge in [0.2, 0.25) is 5.91 Å². The minimum Gasteiger partial charge on any atom is -0.357 e. The predicted molar refractivity (Wildman–Crippen MR) is 118 cm³/mol. The average Bonchev–Trinajstić information content (AvgIpc) is 3.03. The molecule has 5 heteroatoms. The summed E-state index contributed by atoms with van der Waals surface area (Å²) in [7, 11) is 0. The number of H-pyrrole nitrogens is 1. The second-order valence-corrected chi connectivity index (χ2v) is 8.45. The summed E-state index contributed by atoms with van der Waals surface area (Å²) in [6.07, 6.45) is 6.68. The standard InChI is InChI=1S/C24H29N3O2/c1-7-24(5,6)21-18(13-20-23(29)25-15(4)22(28)27-20)17-12-16(9-8-14(2)3)10-11-19(17)26-21/h7-8,10-13,15,26H,1,9H2,2-6H3,(H,25,29)(H,27,28)/b20-13-/t15-/m0/s1. The molecule has 0 saturated carbocycles. The molecule has 1 saturated heterocycles. The van der Waals surface area contributed by atoms with Crippen LogP contribution < -0.4 is 10.6 Å². The van der Waals surface area contributed by atoms with Gasteiger partial charge in [-0.25, -0.2) is 0 Å². The zero-order valence-electron chi connectivity index (χ0n) is 17.8. The highest BCUT2D eigenvalue weighted by atomic mass is 16.2. The van der Waals surface area contributed by atoms with Crippen molar-refractivity contribution in [3.05, 3.63) is 65.0 Å². The maximum atomic E-state index is 12.5. The molecule has 1 aromatic heterocycles. The number of carbonyl (C=O) groups is 2. The van der Waals surface area contributed by atoms with Crippen molar-refractivity contribution in [1.82, 2.24) is 15.6 Å². The number of rotatable bonds is 5. The molecule has 3 N–H and O–H groups in total. The predicted octanol–water partition coefficient (Wildman–Crippen LogP) is 4.12. The van der Waals surface area contributed by atoms with Gasteiger partial charge in [-0.15, -0.1) is 6.58 Å². The Hall–Kier alpha value is -3.08. The Bertz CT molecular complexity index is 1050. The zero-order chi connectivity index (χ0) is 21.3. The van der Waals surface area contributed by atoms with E-state index in [2.05, 4.69) is 74.2 Å². The fraction of sp³-hybridized carbons (Fsp3) is 0.333. The van der Waals surface area contributed by atoms with Gasteiger partial charge in [-0.05, 0) is 51.0 Å². The maximum absolute atomic E-state index is 12.5. The van der Waals surface area contributed by atoms with Gasteiger partial charge in [0, 0.05) is 27.6 Å². The number of amides is 2. The van der Waals surface area contributed by atoms with Gasteiger partial charge >= 0.3 is 0 Å². The van der Waals surface area contributed by atoms with Crippen LogP contribution in [-0.4, -0.2) is 22.8 Å². The lowest BCUT2D eigenvalue weighted by molar-refractivity contribution is -0.130. The molecule has 152 valence electrons. The smallest absolute Gasteiger partial charge is 0.268 e. The summed E-state index contributed by atoms with van der Waals surface area (Å²) in [6.45, 7) is 13.9. The van der Waals surface area contributed by atoms with E-state index in [9.17, 15) is 9.59 Å². The quantitative estimate of drug-likeness (QED) is 0.530. The Labute approximate surface area is 172 Å². The fourth-order valence-electron chi connectivity index (χ4n) is 3.35. The molecule has 3 rings (SSSR count). The summed E-state index contributed by atoms with van der Waals surface area (Å²) < 4.78 is 0. The van der Waals surface area contributed by atoms with Gasteiger partial charge in [0.25, 0.3) is 5.91 Å². The van der Waals surface area contributed by atoms with Crippen LogP contribution in [0, 0.1) is 0 Å². The Morgan fingerprint density at radius 2 is 1.97 bits per heavy atom. The molecule has 1 fully saturated rings. The lowest BCUT2D eigenvalue weighted by Gasteiger charge is -2.23. The molecule has 1 aromatic carbocycles. The molecule has 1 aliphatic heterocycles. The molecule has 0 unspecified atom stereocenters. The number of benzene rings is 1. The van der Waals surface area contributed by atoms with Crippen LogP contribution >= 0.6 is 0 Å². The minimum absolute atomic E-state index is 0.218. The lowest BCUT2D eigenvalue weighted by atomic mass is 9.86. The van der Waals surface area contributed by atoms with Crippen molar-refractivity contribution in [3.8, 4) is 0 Å². The highest BCUT2D eigenvalue weighted by Gasteiger charge is 2.28. The van der Waals surface area contributed by atoms with E-state index in [1.807, 2.05) is 6.08 Å². The number of fused-ring (bicyclic) bond motifs is 1. The number of carbonyl (C=O) groups excluding carboxylic acids is 2. The highest BCUT2D eigenvalue weighted by molar-refractivity contribution is 6.08. The van der Waals surface area contributed by atoms with Gasteiger partial charge < -0.3 is 15.6 Å². The van der Waals surface area contributed by atoms with Crippen LogP contribution in [0.15, 0.2) is 48.2 Å². The van der Waals surface area contributed by atoms with E-state index in [1.54, 1.807) is 13.0 Å². The molecule has 2 aromatic rings. The van der Waals surface area contributed by atoms with E-state index < -0.39 is 6.04 Å². The van der Waals surface area contributed by atoms with Gasteiger partial charge in [-0.1, -0.05) is 37.6 Å². The van der Waals surface area contributed by atoms with Crippen LogP contribution in [0.25, 0.3) is 17.0 Å². The Morgan fingerprint density at radius 1 is 1.24 bits per heavy atom. The van der Waals surface area contributed by atoms with E-state index >= 15 is 0 Å². The first kappa shape index (κ1) is 20.6. The number of nitrogens with one attached hydrogen (secondary N) is 3. The van der Waals surface area contributed by atoms with Crippen LogP contribution in [0.2, 0.25) is 0 Å². The van der Waals surface area contributed by atoms with Crippen LogP contribution in [0.3, 0.4) is 0 Å². The van der Waals surface area contributed by atoms with Crippen molar-refractivity contribution in [1.29, 1.82) is 0 Å². The second kappa shape index (κ2) is 7.74. The summed E-state index contributed by atoms with van der Waals surface area (Å²) in [5, 5.41) is 6.45. The van der Waals surface area contributed by atoms with Gasteiger partial charge in [0.15, 0.2) is 0 Å². The number of hydrogen-bond acceptors (Lipinski definition) is 2. The van der Waals surface area contributed by atoms with Gasteiger partial charge in [0.1, 0.15) is 11.7 Å². The number of aromatic nitrogens is 1. The Morgan fingerprint density at radius 3 is 2.62 bits per heavy atom. The van der Waals surface area contributed by atoms with Gasteiger partial charge in [-0.3, -0.25) is 9.59 Å². The minimum atomic E-state index is -0.539. The molecule has 0 spiro atoms. The topological polar surface area (TPSA) is 74.0 Å². The van der Waals surface area contributed by atoms with Crippen molar-refractivity contribution in [2.45, 2.75) is 52.5 Å². The third-order valence-corrected chi connectivity index (χ3v) is 5.34. The lowest BCUT2D eigenvalue weighted by Crippen LogP contribution is -2.53. The SMILES string of the molecule is C=CC(C)(C)c1[nH]c2ccc(CC=C(C)C)cc2c1/C=C1\NC(=O)[C@H](C)NC1=O. The summed E-state index contributed by atoms with van der Waals surface area (Å²) in [4.78, 5) is 28.0. The molecule has 0 bridgehead atoms. The van der Waals surface area contributed by atoms with Gasteiger partial charge in [-0.2, -0.15) is 0 Å². The number of allylic oxidation sites excluding steroid dienone is 3. The number of aromatic amines is 1. The highest BCUT2D eigenvalue weighted by Crippen LogP contribution is 2.34. The first-order valence-corrected chi connectivity index (χ1v) is 9.88. The molecule has 29 heavy (non-hydrogen) atoms. The van der Waals surface area contributed by atoms with Gasteiger partial charge in [0.05, 0.1) is 0 Å². The number of piperazine rings is 1. The molecule has 2 heterocycles. The molecule has 2 amide bonds. The van der Waals surface area contributed by atoms with Crippen LogP contribution in [0.5, 0.6) is 0 Å². The molecular formula is C24H29N3O2. The van der Waals surface area contributed by atoms with Crippen molar-refractivity contribution in [2.24, 2.45) is 0 Å². The van der Waals surface area contributed by atoms with Crippen molar-refractivity contribution >= 4 is 28.8 Å². The van der Waals surface area contributed by atoms with E-state index in [4.69, 9.17) is 0 Å². The average molecular weight is 392 g/mol. The Kier molecular flexibility index (Phi) is 5.51. The third kappa shape index (κ3) is 4.19. The normalized spacial score (nSPS) is 18.5. The summed E-state index contributed by atoms with van der Waals surface area (Å²) >= 11 is 0. The number of hydrogen-bond donors (Lipinski definition) is 3. The van der Waals surface area contributed by atoms with Crippen LogP contribution in [0.1, 0.15) is 51.4 Å². The van der Waals surface area contributed by atoms with Crippen LogP contribution in [0.4, 0.5) is 0 Å². The first-order valence-electron chi connectivity index (χ1n) is 9.88. The van der Waals surface area contributed by atoms with Crippen molar-refractivity contribution < 1.29 is 9.59 Å². The summed E-state index contributed by atoms with van der Waals surface area (Å²) in [6, 6.07) is 5.78. The van der Waals surface area contributed by atoms with E-state index in [0.717, 1.165) is 28.6 Å². The van der Waals surface area contributed by atoms with E-state index in [1.165, 1.54) is 11.1 Å². The zero-order valence-corrected chi connectivity index (χ0v) is 17.8. The van der Waals surface area contributed by atoms with E-state index in [-0.39, 0.29) is 22.9 Å². The summed E-state index contributed by atoms with van der Waals surface area (Å²) in [5.74, 6) is -0.501. The molecular weight excluding hydrogens is 362 g/mol. The summed E-state index contributed by atoms with van der Waals surface area (Å²) in [5.41, 5.74) is 5.20. The fourth-order valence-corrected chi connectivity index (χ4v) is 3.35. The molecule has 0 aliphatic carbocycles. The first-order chi connectivity index (χ1) is 13.6. The molecule has 1 atom stereocenters. The monoisotopic (exact) mass is 391 g/mol. The Balaban J connectivity index is 2.19. The maximum Gasteiger partial charge on any atom is 0.268 e. The van der Waals surface area contributed by atoms with Crippen molar-refractivity contribution in [2.75, 3.05) is 0 Å². The van der Waals surface area contributed by atoms with Crippen molar-refractivity contribution in [3.63, 3.8) is 0 Å². The van der Waals surface area contributed by atoms with Crippen LogP contribution in [-0.2, 0) is 21.4 Å². The largest absolute Gasteiger partial charge is 0.357 e. The van der Waals surface area contributed by atoms with E-state index in [0.29, 0.717) is 0 Å². The molecule has 5 nitrogen and oxygen atoms in total.